The zero-order valence-corrected chi connectivity index (χ0v) is 20.9. The lowest BCUT2D eigenvalue weighted by Gasteiger charge is -2.41. The maximum Gasteiger partial charge on any atom is 0.228 e. The lowest BCUT2D eigenvalue weighted by atomic mass is 10.1. The van der Waals surface area contributed by atoms with Crippen LogP contribution in [0.15, 0.2) is 42.6 Å². The number of rotatable bonds is 5. The van der Waals surface area contributed by atoms with Crippen molar-refractivity contribution in [2.24, 2.45) is 0 Å². The molecule has 2 saturated heterocycles. The second-order valence-electron chi connectivity index (χ2n) is 9.01. The van der Waals surface area contributed by atoms with Crippen molar-refractivity contribution < 1.29 is 9.50 Å². The number of hydrogen-bond acceptors (Lipinski definition) is 7. The van der Waals surface area contributed by atoms with E-state index < -0.39 is 5.82 Å². The molecule has 3 aromatic rings. The van der Waals surface area contributed by atoms with Crippen LogP contribution in [0.1, 0.15) is 19.8 Å². The van der Waals surface area contributed by atoms with Crippen LogP contribution in [0.4, 0.5) is 22.0 Å². The number of anilines is 3. The molecule has 2 aromatic heterocycles. The van der Waals surface area contributed by atoms with E-state index in [0.29, 0.717) is 22.2 Å². The Balaban J connectivity index is 1.49. The Kier molecular flexibility index (Phi) is 6.95. The third kappa shape index (κ3) is 4.87. The summed E-state index contributed by atoms with van der Waals surface area (Å²) in [5, 5.41) is 10.6. The molecule has 2 fully saturated rings. The van der Waals surface area contributed by atoms with E-state index in [4.69, 9.17) is 33.2 Å². The van der Waals surface area contributed by atoms with Crippen molar-refractivity contribution >= 4 is 40.8 Å². The molecule has 5 rings (SSSR count). The van der Waals surface area contributed by atoms with Gasteiger partial charge in [0.1, 0.15) is 17.5 Å². The van der Waals surface area contributed by atoms with E-state index in [1.165, 1.54) is 6.07 Å². The van der Waals surface area contributed by atoms with E-state index in [1.807, 2.05) is 18.2 Å². The summed E-state index contributed by atoms with van der Waals surface area (Å²) >= 11 is 12.5. The number of nitrogens with zero attached hydrogens (tertiary/aromatic N) is 6. The van der Waals surface area contributed by atoms with Gasteiger partial charge in [-0.15, -0.1) is 0 Å². The van der Waals surface area contributed by atoms with Crippen molar-refractivity contribution in [3.8, 4) is 11.3 Å². The van der Waals surface area contributed by atoms with Crippen LogP contribution in [0.3, 0.4) is 0 Å². The van der Waals surface area contributed by atoms with Gasteiger partial charge in [0.05, 0.1) is 28.4 Å². The molecule has 0 amide bonds. The third-order valence-electron chi connectivity index (χ3n) is 6.72. The monoisotopic (exact) mass is 516 g/mol. The number of hydrogen-bond donors (Lipinski definition) is 1. The molecule has 4 heterocycles. The molecular formula is C25H27Cl2FN6O. The van der Waals surface area contributed by atoms with Crippen molar-refractivity contribution in [2.45, 2.75) is 31.8 Å². The summed E-state index contributed by atoms with van der Waals surface area (Å²) in [5.74, 6) is 1.67. The molecule has 10 heteroatoms. The molecule has 0 bridgehead atoms. The summed E-state index contributed by atoms with van der Waals surface area (Å²) in [6, 6.07) is 10.3. The normalized spacial score (nSPS) is 20.5. The fourth-order valence-corrected chi connectivity index (χ4v) is 5.31. The number of benzene rings is 1. The standard InChI is InChI=1S/C25H27Cl2FN6O/c1-16-14-32(24-19(26)5-2-8-29-24)10-11-33(16)23-13-22(17-6-7-21(28)20(27)12-17)30-25(31-23)34-9-3-4-18(34)15-35/h2,5-8,12-13,16,18,35H,3-4,9-11,14-15H2,1H3/t16-,18+/m1/s1. The zero-order valence-electron chi connectivity index (χ0n) is 19.4. The van der Waals surface area contributed by atoms with Crippen LogP contribution in [0.5, 0.6) is 0 Å². The highest BCUT2D eigenvalue weighted by Gasteiger charge is 2.30. The molecule has 2 aliphatic heterocycles. The smallest absolute Gasteiger partial charge is 0.228 e. The van der Waals surface area contributed by atoms with Crippen LogP contribution in [-0.2, 0) is 0 Å². The van der Waals surface area contributed by atoms with Gasteiger partial charge in [0.15, 0.2) is 0 Å². The Morgan fingerprint density at radius 3 is 2.66 bits per heavy atom. The van der Waals surface area contributed by atoms with Gasteiger partial charge in [0.2, 0.25) is 5.95 Å². The number of aliphatic hydroxyl groups is 1. The van der Waals surface area contributed by atoms with E-state index in [-0.39, 0.29) is 23.7 Å². The second kappa shape index (κ2) is 10.1. The van der Waals surface area contributed by atoms with Crippen molar-refractivity contribution in [2.75, 3.05) is 47.5 Å². The number of halogens is 3. The molecule has 184 valence electrons. The molecule has 0 saturated carbocycles. The van der Waals surface area contributed by atoms with Gasteiger partial charge in [-0.1, -0.05) is 23.2 Å². The summed E-state index contributed by atoms with van der Waals surface area (Å²) in [4.78, 5) is 20.7. The van der Waals surface area contributed by atoms with Gasteiger partial charge in [-0.05, 0) is 50.1 Å². The molecule has 7 nitrogen and oxygen atoms in total. The average molecular weight is 517 g/mol. The quantitative estimate of drug-likeness (QED) is 0.528. The predicted octanol–water partition coefficient (Wildman–Crippen LogP) is 4.66. The molecular weight excluding hydrogens is 490 g/mol. The highest BCUT2D eigenvalue weighted by Crippen LogP contribution is 2.32. The first kappa shape index (κ1) is 24.0. The van der Waals surface area contributed by atoms with Crippen LogP contribution >= 0.6 is 23.2 Å². The Morgan fingerprint density at radius 1 is 1.06 bits per heavy atom. The molecule has 1 aromatic carbocycles. The van der Waals surface area contributed by atoms with E-state index >= 15 is 0 Å². The summed E-state index contributed by atoms with van der Waals surface area (Å²) in [6.45, 7) is 5.16. The molecule has 35 heavy (non-hydrogen) atoms. The minimum Gasteiger partial charge on any atom is -0.394 e. The fourth-order valence-electron chi connectivity index (χ4n) is 4.89. The van der Waals surface area contributed by atoms with Gasteiger partial charge in [0.25, 0.3) is 0 Å². The molecule has 2 aliphatic rings. The Morgan fingerprint density at radius 2 is 1.91 bits per heavy atom. The first-order chi connectivity index (χ1) is 16.9. The Hall–Kier alpha value is -2.68. The highest BCUT2D eigenvalue weighted by atomic mass is 35.5. The fraction of sp³-hybridized carbons (Fsp3) is 0.400. The van der Waals surface area contributed by atoms with E-state index in [2.05, 4.69) is 26.6 Å². The molecule has 0 radical (unpaired) electrons. The maximum atomic E-state index is 13.8. The summed E-state index contributed by atoms with van der Waals surface area (Å²) in [6.07, 6.45) is 3.61. The van der Waals surface area contributed by atoms with Crippen molar-refractivity contribution in [3.05, 3.63) is 58.5 Å². The van der Waals surface area contributed by atoms with Crippen LogP contribution < -0.4 is 14.7 Å². The lowest BCUT2D eigenvalue weighted by molar-refractivity contribution is 0.265. The van der Waals surface area contributed by atoms with E-state index in [0.717, 1.165) is 50.7 Å². The minimum atomic E-state index is -0.470. The van der Waals surface area contributed by atoms with Gasteiger partial charge >= 0.3 is 0 Å². The van der Waals surface area contributed by atoms with Gasteiger partial charge in [-0.25, -0.2) is 14.4 Å². The predicted molar refractivity (Wildman–Crippen MR) is 138 cm³/mol. The van der Waals surface area contributed by atoms with Crippen LogP contribution in [0, 0.1) is 5.82 Å². The largest absolute Gasteiger partial charge is 0.394 e. The maximum absolute atomic E-state index is 13.8. The minimum absolute atomic E-state index is 0.0181. The van der Waals surface area contributed by atoms with Crippen LogP contribution in [0.2, 0.25) is 10.0 Å². The third-order valence-corrected chi connectivity index (χ3v) is 7.31. The zero-order chi connectivity index (χ0) is 24.5. The summed E-state index contributed by atoms with van der Waals surface area (Å²) < 4.78 is 13.8. The number of aliphatic hydroxyl groups excluding tert-OH is 1. The topological polar surface area (TPSA) is 68.6 Å². The molecule has 1 N–H and O–H groups in total. The van der Waals surface area contributed by atoms with Gasteiger partial charge in [-0.3, -0.25) is 0 Å². The number of pyridine rings is 1. The van der Waals surface area contributed by atoms with Crippen LogP contribution in [-0.4, -0.2) is 64.9 Å². The summed E-state index contributed by atoms with van der Waals surface area (Å²) in [7, 11) is 0. The number of piperazine rings is 1. The van der Waals surface area contributed by atoms with Crippen molar-refractivity contribution in [3.63, 3.8) is 0 Å². The van der Waals surface area contributed by atoms with Gasteiger partial charge in [0, 0.05) is 50.0 Å². The molecule has 0 spiro atoms. The average Bonchev–Trinajstić information content (AvgIpc) is 3.35. The van der Waals surface area contributed by atoms with E-state index in [9.17, 15) is 9.50 Å². The highest BCUT2D eigenvalue weighted by molar-refractivity contribution is 6.33. The van der Waals surface area contributed by atoms with Crippen molar-refractivity contribution in [1.82, 2.24) is 15.0 Å². The first-order valence-electron chi connectivity index (χ1n) is 11.8. The Labute approximate surface area is 214 Å². The SMILES string of the molecule is C[C@@H]1CN(c2ncccc2Cl)CCN1c1cc(-c2ccc(F)c(Cl)c2)nc(N2CCC[C@H]2CO)n1. The Bertz CT molecular complexity index is 1210. The van der Waals surface area contributed by atoms with Gasteiger partial charge in [-0.2, -0.15) is 4.98 Å². The van der Waals surface area contributed by atoms with Crippen molar-refractivity contribution in [1.29, 1.82) is 0 Å². The second-order valence-corrected chi connectivity index (χ2v) is 9.82. The van der Waals surface area contributed by atoms with E-state index in [1.54, 1.807) is 18.3 Å². The first-order valence-corrected chi connectivity index (χ1v) is 12.5. The van der Waals surface area contributed by atoms with Gasteiger partial charge < -0.3 is 19.8 Å². The molecule has 2 atom stereocenters. The molecule has 0 aliphatic carbocycles. The lowest BCUT2D eigenvalue weighted by Crippen LogP contribution is -2.52. The summed E-state index contributed by atoms with van der Waals surface area (Å²) in [5.41, 5.74) is 1.38. The molecule has 0 unspecified atom stereocenters. The number of aromatic nitrogens is 3. The van der Waals surface area contributed by atoms with Crippen LogP contribution in [0.25, 0.3) is 11.3 Å².